The SMILES string of the molecule is Cc1ccc(CC(Cl)C2CCCC(F)(F)C2)cc1. The van der Waals surface area contributed by atoms with Crippen LogP contribution in [0.15, 0.2) is 24.3 Å². The smallest absolute Gasteiger partial charge is 0.207 e. The van der Waals surface area contributed by atoms with Crippen LogP contribution in [-0.4, -0.2) is 11.3 Å². The van der Waals surface area contributed by atoms with Gasteiger partial charge < -0.3 is 0 Å². The monoisotopic (exact) mass is 272 g/mol. The summed E-state index contributed by atoms with van der Waals surface area (Å²) in [5.41, 5.74) is 2.34. The third-order valence-electron chi connectivity index (χ3n) is 3.74. The minimum absolute atomic E-state index is 0.0254. The van der Waals surface area contributed by atoms with Gasteiger partial charge in [-0.25, -0.2) is 8.78 Å². The molecule has 18 heavy (non-hydrogen) atoms. The first kappa shape index (κ1) is 13.8. The molecule has 0 aliphatic heterocycles. The average molecular weight is 273 g/mol. The van der Waals surface area contributed by atoms with E-state index in [0.29, 0.717) is 12.8 Å². The fourth-order valence-corrected chi connectivity index (χ4v) is 3.03. The van der Waals surface area contributed by atoms with Gasteiger partial charge in [0.05, 0.1) is 0 Å². The van der Waals surface area contributed by atoms with Crippen molar-refractivity contribution in [3.05, 3.63) is 35.4 Å². The molecule has 1 saturated carbocycles. The molecule has 0 saturated heterocycles. The Kier molecular flexibility index (Phi) is 4.26. The van der Waals surface area contributed by atoms with Gasteiger partial charge in [0, 0.05) is 18.2 Å². The van der Waals surface area contributed by atoms with E-state index in [1.54, 1.807) is 0 Å². The fraction of sp³-hybridized carbons (Fsp3) is 0.600. The second-order valence-electron chi connectivity index (χ2n) is 5.42. The first-order valence-corrected chi connectivity index (χ1v) is 6.97. The van der Waals surface area contributed by atoms with Crippen molar-refractivity contribution >= 4 is 11.6 Å². The Morgan fingerprint density at radius 2 is 2.00 bits per heavy atom. The molecule has 0 aromatic heterocycles. The molecule has 0 radical (unpaired) electrons. The fourth-order valence-electron chi connectivity index (χ4n) is 2.64. The molecular weight excluding hydrogens is 254 g/mol. The van der Waals surface area contributed by atoms with E-state index in [1.807, 2.05) is 31.2 Å². The maximum Gasteiger partial charge on any atom is 0.248 e. The summed E-state index contributed by atoms with van der Waals surface area (Å²) in [5.74, 6) is -2.57. The zero-order valence-corrected chi connectivity index (χ0v) is 11.4. The predicted octanol–water partition coefficient (Wildman–Crippen LogP) is 4.97. The quantitative estimate of drug-likeness (QED) is 0.682. The number of hydrogen-bond acceptors (Lipinski definition) is 0. The predicted molar refractivity (Wildman–Crippen MR) is 71.4 cm³/mol. The molecule has 2 unspecified atom stereocenters. The molecule has 2 atom stereocenters. The van der Waals surface area contributed by atoms with Crippen molar-refractivity contribution in [3.8, 4) is 0 Å². The molecule has 0 heterocycles. The van der Waals surface area contributed by atoms with E-state index in [0.717, 1.165) is 12.0 Å². The number of alkyl halides is 3. The molecule has 3 heteroatoms. The normalized spacial score (nSPS) is 24.8. The first-order valence-electron chi connectivity index (χ1n) is 6.54. The Bertz CT molecular complexity index is 386. The molecule has 1 aliphatic carbocycles. The molecule has 1 fully saturated rings. The van der Waals surface area contributed by atoms with Crippen molar-refractivity contribution in [1.82, 2.24) is 0 Å². The third-order valence-corrected chi connectivity index (χ3v) is 4.25. The lowest BCUT2D eigenvalue weighted by molar-refractivity contribution is -0.0528. The molecule has 1 aliphatic rings. The Balaban J connectivity index is 1.95. The Morgan fingerprint density at radius 1 is 1.33 bits per heavy atom. The highest BCUT2D eigenvalue weighted by Crippen LogP contribution is 2.40. The Hall–Kier alpha value is -0.630. The van der Waals surface area contributed by atoms with Crippen LogP contribution in [0.4, 0.5) is 8.78 Å². The minimum Gasteiger partial charge on any atom is -0.207 e. The van der Waals surface area contributed by atoms with E-state index >= 15 is 0 Å². The lowest BCUT2D eigenvalue weighted by atomic mass is 9.82. The van der Waals surface area contributed by atoms with Crippen LogP contribution in [0.25, 0.3) is 0 Å². The van der Waals surface area contributed by atoms with Gasteiger partial charge in [0.2, 0.25) is 5.92 Å². The van der Waals surface area contributed by atoms with Crippen LogP contribution in [0.3, 0.4) is 0 Å². The molecule has 0 N–H and O–H groups in total. The van der Waals surface area contributed by atoms with Crippen molar-refractivity contribution in [3.63, 3.8) is 0 Å². The number of halogens is 3. The number of aryl methyl sites for hydroxylation is 1. The first-order chi connectivity index (χ1) is 8.46. The average Bonchev–Trinajstić information content (AvgIpc) is 2.31. The van der Waals surface area contributed by atoms with Crippen molar-refractivity contribution in [1.29, 1.82) is 0 Å². The molecule has 100 valence electrons. The van der Waals surface area contributed by atoms with Gasteiger partial charge in [-0.05, 0) is 37.7 Å². The van der Waals surface area contributed by atoms with E-state index in [9.17, 15) is 8.78 Å². The lowest BCUT2D eigenvalue weighted by Crippen LogP contribution is -2.31. The summed E-state index contributed by atoms with van der Waals surface area (Å²) in [6.07, 6.45) is 2.08. The highest BCUT2D eigenvalue weighted by atomic mass is 35.5. The van der Waals surface area contributed by atoms with Crippen molar-refractivity contribution in [2.24, 2.45) is 5.92 Å². The molecule has 1 aromatic carbocycles. The second kappa shape index (κ2) is 5.56. The van der Waals surface area contributed by atoms with E-state index in [4.69, 9.17) is 11.6 Å². The van der Waals surface area contributed by atoms with Crippen LogP contribution in [0.1, 0.15) is 36.8 Å². The minimum atomic E-state index is -2.51. The van der Waals surface area contributed by atoms with Gasteiger partial charge in [0.25, 0.3) is 0 Å². The molecule has 0 amide bonds. The summed E-state index contributed by atoms with van der Waals surface area (Å²) in [7, 11) is 0. The van der Waals surface area contributed by atoms with E-state index in [2.05, 4.69) is 0 Å². The highest BCUT2D eigenvalue weighted by molar-refractivity contribution is 6.20. The second-order valence-corrected chi connectivity index (χ2v) is 5.98. The van der Waals surface area contributed by atoms with Gasteiger partial charge in [0.1, 0.15) is 0 Å². The Labute approximate surface area is 112 Å². The van der Waals surface area contributed by atoms with Crippen LogP contribution in [-0.2, 0) is 6.42 Å². The number of hydrogen-bond donors (Lipinski definition) is 0. The van der Waals surface area contributed by atoms with Gasteiger partial charge >= 0.3 is 0 Å². The molecule has 0 bridgehead atoms. The lowest BCUT2D eigenvalue weighted by Gasteiger charge is -2.31. The van der Waals surface area contributed by atoms with Crippen molar-refractivity contribution in [2.75, 3.05) is 0 Å². The molecule has 1 aromatic rings. The zero-order valence-electron chi connectivity index (χ0n) is 10.6. The summed E-state index contributed by atoms with van der Waals surface area (Å²) in [4.78, 5) is 0. The van der Waals surface area contributed by atoms with Crippen LogP contribution in [0.5, 0.6) is 0 Å². The number of benzene rings is 1. The largest absolute Gasteiger partial charge is 0.248 e. The summed E-state index contributed by atoms with van der Waals surface area (Å²) >= 11 is 6.33. The zero-order chi connectivity index (χ0) is 13.2. The van der Waals surface area contributed by atoms with E-state index in [-0.39, 0.29) is 24.1 Å². The summed E-state index contributed by atoms with van der Waals surface area (Å²) in [5, 5.41) is -0.182. The maximum absolute atomic E-state index is 13.3. The standard InChI is InChI=1S/C15H19ClF2/c1-11-4-6-12(7-5-11)9-14(16)13-3-2-8-15(17,18)10-13/h4-7,13-14H,2-3,8-10H2,1H3. The topological polar surface area (TPSA) is 0 Å². The van der Waals surface area contributed by atoms with Crippen molar-refractivity contribution in [2.45, 2.75) is 50.3 Å². The van der Waals surface area contributed by atoms with Gasteiger partial charge in [0.15, 0.2) is 0 Å². The van der Waals surface area contributed by atoms with Crippen LogP contribution >= 0.6 is 11.6 Å². The summed E-state index contributed by atoms with van der Waals surface area (Å²) in [6.45, 7) is 2.03. The van der Waals surface area contributed by atoms with Gasteiger partial charge in [-0.3, -0.25) is 0 Å². The molecular formula is C15H19ClF2. The summed E-state index contributed by atoms with van der Waals surface area (Å²) < 4.78 is 26.7. The van der Waals surface area contributed by atoms with Crippen LogP contribution in [0, 0.1) is 12.8 Å². The van der Waals surface area contributed by atoms with E-state index < -0.39 is 5.92 Å². The van der Waals surface area contributed by atoms with Crippen molar-refractivity contribution < 1.29 is 8.78 Å². The molecule has 0 spiro atoms. The highest BCUT2D eigenvalue weighted by Gasteiger charge is 2.38. The van der Waals surface area contributed by atoms with Gasteiger partial charge in [-0.1, -0.05) is 29.8 Å². The van der Waals surface area contributed by atoms with Crippen LogP contribution in [0.2, 0.25) is 0 Å². The number of rotatable bonds is 3. The summed E-state index contributed by atoms with van der Waals surface area (Å²) in [6, 6.07) is 8.14. The van der Waals surface area contributed by atoms with Gasteiger partial charge in [-0.2, -0.15) is 0 Å². The maximum atomic E-state index is 13.3. The van der Waals surface area contributed by atoms with Crippen LogP contribution < -0.4 is 0 Å². The molecule has 2 rings (SSSR count). The van der Waals surface area contributed by atoms with Gasteiger partial charge in [-0.15, -0.1) is 11.6 Å². The third kappa shape index (κ3) is 3.68. The van der Waals surface area contributed by atoms with E-state index in [1.165, 1.54) is 5.56 Å². The molecule has 0 nitrogen and oxygen atoms in total. The Morgan fingerprint density at radius 3 is 2.61 bits per heavy atom.